The molecule has 0 saturated heterocycles. The topological polar surface area (TPSA) is 177 Å². The van der Waals surface area contributed by atoms with Crippen LogP contribution in [0.3, 0.4) is 0 Å². The molecule has 0 aromatic heterocycles. The minimum atomic E-state index is -3.75. The maximum absolute atomic E-state index is 12.3. The first-order chi connectivity index (χ1) is 14.7. The number of sulfonamides is 1. The molecule has 0 atom stereocenters. The van der Waals surface area contributed by atoms with Gasteiger partial charge in [-0.3, -0.25) is 14.9 Å². The predicted octanol–water partition coefficient (Wildman–Crippen LogP) is 1.43. The molecule has 0 aliphatic carbocycles. The third kappa shape index (κ3) is 6.53. The van der Waals surface area contributed by atoms with Gasteiger partial charge >= 0.3 is 0 Å². The van der Waals surface area contributed by atoms with Crippen LogP contribution in [0, 0.1) is 21.4 Å². The Labute approximate surface area is 178 Å². The van der Waals surface area contributed by atoms with Gasteiger partial charge in [-0.2, -0.15) is 5.26 Å². The molecule has 4 N–H and O–H groups in total. The zero-order valence-electron chi connectivity index (χ0n) is 16.4. The second kappa shape index (κ2) is 10.2. The lowest BCUT2D eigenvalue weighted by Crippen LogP contribution is -2.18. The highest BCUT2D eigenvalue weighted by Gasteiger charge is 2.15. The molecule has 11 nitrogen and oxygen atoms in total. The van der Waals surface area contributed by atoms with Crippen molar-refractivity contribution in [2.45, 2.75) is 11.3 Å². The van der Waals surface area contributed by atoms with Crippen molar-refractivity contribution in [3.8, 4) is 11.8 Å². The Balaban J connectivity index is 1.98. The van der Waals surface area contributed by atoms with E-state index in [-0.39, 0.29) is 27.6 Å². The van der Waals surface area contributed by atoms with E-state index >= 15 is 0 Å². The largest absolute Gasteiger partial charge is 0.494 e. The molecule has 0 aliphatic heterocycles. The van der Waals surface area contributed by atoms with Crippen molar-refractivity contribution in [3.05, 3.63) is 69.9 Å². The summed E-state index contributed by atoms with van der Waals surface area (Å²) in [5.74, 6) is -0.643. The van der Waals surface area contributed by atoms with Crippen LogP contribution in [0.5, 0.6) is 5.75 Å². The summed E-state index contributed by atoms with van der Waals surface area (Å²) in [6.45, 7) is 0.369. The average Bonchev–Trinajstić information content (AvgIpc) is 2.73. The van der Waals surface area contributed by atoms with E-state index in [4.69, 9.17) is 9.88 Å². The van der Waals surface area contributed by atoms with Crippen LogP contribution in [0.1, 0.15) is 5.56 Å². The van der Waals surface area contributed by atoms with E-state index < -0.39 is 20.9 Å². The van der Waals surface area contributed by atoms with Crippen LogP contribution < -0.4 is 20.5 Å². The highest BCUT2D eigenvalue weighted by Crippen LogP contribution is 2.29. The molecule has 0 saturated carbocycles. The van der Waals surface area contributed by atoms with Gasteiger partial charge in [0.15, 0.2) is 0 Å². The number of benzene rings is 2. The summed E-state index contributed by atoms with van der Waals surface area (Å²) >= 11 is 0. The molecule has 0 aliphatic rings. The minimum absolute atomic E-state index is 0.00853. The summed E-state index contributed by atoms with van der Waals surface area (Å²) in [7, 11) is -2.46. The third-order valence-electron chi connectivity index (χ3n) is 4.07. The van der Waals surface area contributed by atoms with Crippen LogP contribution in [0.25, 0.3) is 0 Å². The number of nitriles is 1. The van der Waals surface area contributed by atoms with Crippen LogP contribution >= 0.6 is 0 Å². The molecule has 162 valence electrons. The van der Waals surface area contributed by atoms with Crippen molar-refractivity contribution >= 4 is 27.3 Å². The van der Waals surface area contributed by atoms with Crippen LogP contribution in [0.15, 0.2) is 59.1 Å². The Bertz CT molecular complexity index is 1150. The standard InChI is InChI=1S/C19H19N5O6S/c1-30-18-10-15(24(26)27)4-7-17(18)23-19(25)14(11-20)12-22-9-8-13-2-5-16(6-3-13)31(21,28)29/h2-7,10,12,22H,8-9H2,1H3,(H,23,25)(H2,21,28,29)/b14-12-. The predicted molar refractivity (Wildman–Crippen MR) is 111 cm³/mol. The first kappa shape index (κ1) is 23.3. The molecule has 1 amide bonds. The van der Waals surface area contributed by atoms with Gasteiger partial charge in [-0.25, -0.2) is 13.6 Å². The number of hydrogen-bond donors (Lipinski definition) is 3. The number of non-ortho nitro benzene ring substituents is 1. The van der Waals surface area contributed by atoms with Gasteiger partial charge in [0, 0.05) is 18.8 Å². The van der Waals surface area contributed by atoms with Crippen LogP contribution in [0.4, 0.5) is 11.4 Å². The molecular weight excluding hydrogens is 426 g/mol. The lowest BCUT2D eigenvalue weighted by atomic mass is 10.1. The van der Waals surface area contributed by atoms with Crippen LogP contribution in [-0.4, -0.2) is 32.9 Å². The number of nitro benzene ring substituents is 1. The van der Waals surface area contributed by atoms with E-state index in [1.165, 1.54) is 37.6 Å². The average molecular weight is 445 g/mol. The second-order valence-electron chi connectivity index (χ2n) is 6.16. The Morgan fingerprint density at radius 1 is 1.29 bits per heavy atom. The van der Waals surface area contributed by atoms with E-state index in [9.17, 15) is 28.6 Å². The van der Waals surface area contributed by atoms with Gasteiger partial charge in [0.1, 0.15) is 17.4 Å². The Kier molecular flexibility index (Phi) is 7.67. The molecule has 0 fully saturated rings. The van der Waals surface area contributed by atoms with Gasteiger partial charge in [0.25, 0.3) is 11.6 Å². The van der Waals surface area contributed by atoms with Gasteiger partial charge < -0.3 is 15.4 Å². The Morgan fingerprint density at radius 3 is 2.52 bits per heavy atom. The zero-order valence-corrected chi connectivity index (χ0v) is 17.2. The first-order valence-corrected chi connectivity index (χ1v) is 10.3. The number of carbonyl (C=O) groups is 1. The highest BCUT2D eigenvalue weighted by molar-refractivity contribution is 7.89. The maximum Gasteiger partial charge on any atom is 0.273 e. The number of nitro groups is 1. The van der Waals surface area contributed by atoms with E-state index in [1.807, 2.05) is 0 Å². The van der Waals surface area contributed by atoms with Crippen molar-refractivity contribution in [2.24, 2.45) is 5.14 Å². The number of hydrogen-bond acceptors (Lipinski definition) is 8. The molecule has 2 aromatic carbocycles. The molecule has 0 spiro atoms. The molecule has 31 heavy (non-hydrogen) atoms. The zero-order chi connectivity index (χ0) is 23.0. The number of ether oxygens (including phenoxy) is 1. The fraction of sp³-hybridized carbons (Fsp3) is 0.158. The summed E-state index contributed by atoms with van der Waals surface area (Å²) in [6, 6.07) is 11.5. The number of amides is 1. The van der Waals surface area contributed by atoms with E-state index in [2.05, 4.69) is 10.6 Å². The summed E-state index contributed by atoms with van der Waals surface area (Å²) < 4.78 is 27.5. The second-order valence-corrected chi connectivity index (χ2v) is 7.72. The SMILES string of the molecule is COc1cc([N+](=O)[O-])ccc1NC(=O)/C(C#N)=C\NCCc1ccc(S(N)(=O)=O)cc1. The van der Waals surface area contributed by atoms with Crippen LogP contribution in [0.2, 0.25) is 0 Å². The quantitative estimate of drug-likeness (QED) is 0.170. The smallest absolute Gasteiger partial charge is 0.273 e. The maximum atomic E-state index is 12.3. The third-order valence-corrected chi connectivity index (χ3v) is 4.99. The lowest BCUT2D eigenvalue weighted by molar-refractivity contribution is -0.384. The van der Waals surface area contributed by atoms with Crippen LogP contribution in [-0.2, 0) is 21.2 Å². The molecule has 2 rings (SSSR count). The normalized spacial score (nSPS) is 11.3. The number of methoxy groups -OCH3 is 1. The number of rotatable bonds is 9. The van der Waals surface area contributed by atoms with E-state index in [0.717, 1.165) is 11.6 Å². The minimum Gasteiger partial charge on any atom is -0.494 e. The van der Waals surface area contributed by atoms with Crippen molar-refractivity contribution in [3.63, 3.8) is 0 Å². The fourth-order valence-corrected chi connectivity index (χ4v) is 2.99. The number of primary sulfonamides is 1. The van der Waals surface area contributed by atoms with Gasteiger partial charge in [-0.15, -0.1) is 0 Å². The highest BCUT2D eigenvalue weighted by atomic mass is 32.2. The molecule has 2 aromatic rings. The van der Waals surface area contributed by atoms with Crippen molar-refractivity contribution in [1.29, 1.82) is 5.26 Å². The van der Waals surface area contributed by atoms with E-state index in [1.54, 1.807) is 18.2 Å². The first-order valence-electron chi connectivity index (χ1n) is 8.75. The fourth-order valence-electron chi connectivity index (χ4n) is 2.47. The molecular formula is C19H19N5O6S. The van der Waals surface area contributed by atoms with E-state index in [0.29, 0.717) is 13.0 Å². The van der Waals surface area contributed by atoms with Gasteiger partial charge in [0.05, 0.1) is 28.7 Å². The number of anilines is 1. The van der Waals surface area contributed by atoms with Gasteiger partial charge in [-0.05, 0) is 30.2 Å². The summed E-state index contributed by atoms with van der Waals surface area (Å²) in [5.41, 5.74) is 0.579. The van der Waals surface area contributed by atoms with Crippen molar-refractivity contribution in [2.75, 3.05) is 19.0 Å². The number of nitrogens with zero attached hydrogens (tertiary/aromatic N) is 2. The monoisotopic (exact) mass is 445 g/mol. The van der Waals surface area contributed by atoms with Crippen molar-refractivity contribution in [1.82, 2.24) is 5.32 Å². The molecule has 0 heterocycles. The lowest BCUT2D eigenvalue weighted by Gasteiger charge is -2.09. The van der Waals surface area contributed by atoms with Crippen molar-refractivity contribution < 1.29 is 22.9 Å². The molecule has 0 radical (unpaired) electrons. The molecule has 12 heteroatoms. The van der Waals surface area contributed by atoms with Gasteiger partial charge in [0.2, 0.25) is 10.0 Å². The molecule has 0 bridgehead atoms. The number of nitrogens with one attached hydrogen (secondary N) is 2. The van der Waals surface area contributed by atoms with Gasteiger partial charge in [-0.1, -0.05) is 12.1 Å². The summed E-state index contributed by atoms with van der Waals surface area (Å²) in [5, 5.41) is 30.4. The molecule has 0 unspecified atom stereocenters. The summed E-state index contributed by atoms with van der Waals surface area (Å²) in [4.78, 5) is 22.6. The Hall–Kier alpha value is -3.95. The summed E-state index contributed by atoms with van der Waals surface area (Å²) in [6.07, 6.45) is 1.74. The number of nitrogens with two attached hydrogens (primary N) is 1. The number of carbonyl (C=O) groups excluding carboxylic acids is 1. The Morgan fingerprint density at radius 2 is 1.97 bits per heavy atom.